The number of nitrogens with zero attached hydrogens (tertiary/aromatic N) is 2. The molecule has 2 aromatic carbocycles. The maximum absolute atomic E-state index is 12.4. The van der Waals surface area contributed by atoms with Crippen LogP contribution in [0.4, 0.5) is 5.69 Å². The van der Waals surface area contributed by atoms with Crippen LogP contribution in [0.25, 0.3) is 10.8 Å². The summed E-state index contributed by atoms with van der Waals surface area (Å²) < 4.78 is 1.11. The van der Waals surface area contributed by atoms with Crippen LogP contribution in [0.2, 0.25) is 0 Å². The van der Waals surface area contributed by atoms with Crippen molar-refractivity contribution in [1.82, 2.24) is 15.1 Å². The van der Waals surface area contributed by atoms with Crippen LogP contribution in [0, 0.1) is 0 Å². The first-order valence-corrected chi connectivity index (χ1v) is 7.65. The predicted octanol–water partition coefficient (Wildman–Crippen LogP) is 1.39. The Morgan fingerprint density at radius 3 is 2.72 bits per heavy atom. The SMILES string of the molecule is CNC(=O)c1cccc(NC(=O)Cn2ncc3ccccc3c2=O)c1. The van der Waals surface area contributed by atoms with Crippen molar-refractivity contribution in [3.05, 3.63) is 70.6 Å². The van der Waals surface area contributed by atoms with Crippen LogP contribution in [-0.2, 0) is 11.3 Å². The van der Waals surface area contributed by atoms with Gasteiger partial charge in [0, 0.05) is 23.7 Å². The molecule has 2 N–H and O–H groups in total. The first-order chi connectivity index (χ1) is 12.1. The highest BCUT2D eigenvalue weighted by Gasteiger charge is 2.10. The van der Waals surface area contributed by atoms with Gasteiger partial charge in [-0.05, 0) is 24.3 Å². The maximum atomic E-state index is 12.4. The van der Waals surface area contributed by atoms with Gasteiger partial charge in [-0.15, -0.1) is 0 Å². The molecule has 7 nitrogen and oxygen atoms in total. The highest BCUT2D eigenvalue weighted by molar-refractivity contribution is 5.97. The quantitative estimate of drug-likeness (QED) is 0.753. The van der Waals surface area contributed by atoms with Gasteiger partial charge < -0.3 is 10.6 Å². The summed E-state index contributed by atoms with van der Waals surface area (Å²) in [6, 6.07) is 13.6. The number of rotatable bonds is 4. The lowest BCUT2D eigenvalue weighted by molar-refractivity contribution is -0.117. The molecule has 1 aromatic heterocycles. The van der Waals surface area contributed by atoms with Crippen molar-refractivity contribution in [2.75, 3.05) is 12.4 Å². The van der Waals surface area contributed by atoms with Gasteiger partial charge in [-0.2, -0.15) is 5.10 Å². The zero-order valence-electron chi connectivity index (χ0n) is 13.5. The minimum absolute atomic E-state index is 0.214. The Morgan fingerprint density at radius 2 is 1.92 bits per heavy atom. The van der Waals surface area contributed by atoms with Crippen LogP contribution in [0.3, 0.4) is 0 Å². The fourth-order valence-electron chi connectivity index (χ4n) is 2.46. The van der Waals surface area contributed by atoms with Gasteiger partial charge in [0.1, 0.15) is 6.54 Å². The van der Waals surface area contributed by atoms with Gasteiger partial charge in [-0.3, -0.25) is 14.4 Å². The summed E-state index contributed by atoms with van der Waals surface area (Å²) in [4.78, 5) is 36.2. The van der Waals surface area contributed by atoms with Crippen molar-refractivity contribution >= 4 is 28.3 Å². The molecule has 0 aliphatic carbocycles. The maximum Gasteiger partial charge on any atom is 0.275 e. The Kier molecular flexibility index (Phi) is 4.56. The molecule has 0 aliphatic rings. The molecular weight excluding hydrogens is 320 g/mol. The highest BCUT2D eigenvalue weighted by atomic mass is 16.2. The summed E-state index contributed by atoms with van der Waals surface area (Å²) in [5.74, 6) is -0.651. The Bertz CT molecular complexity index is 1010. The van der Waals surface area contributed by atoms with E-state index >= 15 is 0 Å². The van der Waals surface area contributed by atoms with Crippen LogP contribution in [-0.4, -0.2) is 28.6 Å². The third-order valence-electron chi connectivity index (χ3n) is 3.69. The molecule has 0 saturated carbocycles. The predicted molar refractivity (Wildman–Crippen MR) is 94.5 cm³/mol. The lowest BCUT2D eigenvalue weighted by Crippen LogP contribution is -2.29. The van der Waals surface area contributed by atoms with E-state index < -0.39 is 5.91 Å². The number of aromatic nitrogens is 2. The molecule has 2 amide bonds. The van der Waals surface area contributed by atoms with Gasteiger partial charge in [0.05, 0.1) is 11.6 Å². The molecule has 0 saturated heterocycles. The molecule has 0 fully saturated rings. The molecule has 0 unspecified atom stereocenters. The van der Waals surface area contributed by atoms with Crippen LogP contribution >= 0.6 is 0 Å². The van der Waals surface area contributed by atoms with E-state index in [2.05, 4.69) is 15.7 Å². The fourth-order valence-corrected chi connectivity index (χ4v) is 2.46. The van der Waals surface area contributed by atoms with Gasteiger partial charge >= 0.3 is 0 Å². The van der Waals surface area contributed by atoms with Gasteiger partial charge in [0.2, 0.25) is 5.91 Å². The Labute approximate surface area is 143 Å². The molecule has 0 radical (unpaired) electrons. The Balaban J connectivity index is 1.78. The topological polar surface area (TPSA) is 93.1 Å². The monoisotopic (exact) mass is 336 g/mol. The number of hydrogen-bond donors (Lipinski definition) is 2. The van der Waals surface area contributed by atoms with E-state index in [1.54, 1.807) is 48.7 Å². The van der Waals surface area contributed by atoms with E-state index in [0.717, 1.165) is 10.1 Å². The van der Waals surface area contributed by atoms with Gasteiger partial charge in [-0.25, -0.2) is 4.68 Å². The molecule has 0 atom stereocenters. The van der Waals surface area contributed by atoms with E-state index in [0.29, 0.717) is 16.6 Å². The lowest BCUT2D eigenvalue weighted by atomic mass is 10.2. The zero-order valence-corrected chi connectivity index (χ0v) is 13.5. The third kappa shape index (κ3) is 3.55. The molecule has 1 heterocycles. The molecule has 0 spiro atoms. The van der Waals surface area contributed by atoms with Crippen molar-refractivity contribution < 1.29 is 9.59 Å². The van der Waals surface area contributed by atoms with E-state index in [1.165, 1.54) is 7.05 Å². The molecule has 3 aromatic rings. The summed E-state index contributed by atoms with van der Waals surface area (Å²) in [5.41, 5.74) is 0.577. The number of benzene rings is 2. The van der Waals surface area contributed by atoms with Crippen molar-refractivity contribution in [3.8, 4) is 0 Å². The summed E-state index contributed by atoms with van der Waals surface area (Å²) in [6.07, 6.45) is 1.55. The largest absolute Gasteiger partial charge is 0.355 e. The van der Waals surface area contributed by atoms with Crippen molar-refractivity contribution in [2.45, 2.75) is 6.54 Å². The van der Waals surface area contributed by atoms with Gasteiger partial charge in [-0.1, -0.05) is 24.3 Å². The molecule has 7 heteroatoms. The van der Waals surface area contributed by atoms with Crippen molar-refractivity contribution in [3.63, 3.8) is 0 Å². The van der Waals surface area contributed by atoms with Gasteiger partial charge in [0.25, 0.3) is 11.5 Å². The summed E-state index contributed by atoms with van der Waals surface area (Å²) >= 11 is 0. The second-order valence-corrected chi connectivity index (χ2v) is 5.40. The molecule has 126 valence electrons. The number of carbonyl (C=O) groups is 2. The number of amides is 2. The second kappa shape index (κ2) is 6.96. The van der Waals surface area contributed by atoms with E-state index in [9.17, 15) is 14.4 Å². The highest BCUT2D eigenvalue weighted by Crippen LogP contribution is 2.11. The van der Waals surface area contributed by atoms with E-state index in [1.807, 2.05) is 6.07 Å². The molecular formula is C18H16N4O3. The second-order valence-electron chi connectivity index (χ2n) is 5.40. The number of carbonyl (C=O) groups excluding carboxylic acids is 2. The molecule has 0 aliphatic heterocycles. The van der Waals surface area contributed by atoms with E-state index in [4.69, 9.17) is 0 Å². The molecule has 0 bridgehead atoms. The Morgan fingerprint density at radius 1 is 1.12 bits per heavy atom. The van der Waals surface area contributed by atoms with Crippen LogP contribution in [0.5, 0.6) is 0 Å². The van der Waals surface area contributed by atoms with Crippen LogP contribution in [0.15, 0.2) is 59.5 Å². The first-order valence-electron chi connectivity index (χ1n) is 7.65. The summed E-state index contributed by atoms with van der Waals surface area (Å²) in [5, 5.41) is 10.4. The van der Waals surface area contributed by atoms with Crippen molar-refractivity contribution in [1.29, 1.82) is 0 Å². The average molecular weight is 336 g/mol. The van der Waals surface area contributed by atoms with Gasteiger partial charge in [0.15, 0.2) is 0 Å². The minimum Gasteiger partial charge on any atom is -0.355 e. The minimum atomic E-state index is -0.404. The summed E-state index contributed by atoms with van der Waals surface area (Å²) in [6.45, 7) is -0.214. The van der Waals surface area contributed by atoms with E-state index in [-0.39, 0.29) is 18.0 Å². The smallest absolute Gasteiger partial charge is 0.275 e. The zero-order chi connectivity index (χ0) is 17.8. The number of nitrogens with one attached hydrogen (secondary N) is 2. The fraction of sp³-hybridized carbons (Fsp3) is 0.111. The first kappa shape index (κ1) is 16.4. The number of fused-ring (bicyclic) bond motifs is 1. The normalized spacial score (nSPS) is 10.4. The number of anilines is 1. The number of hydrogen-bond acceptors (Lipinski definition) is 4. The molecule has 3 rings (SSSR count). The average Bonchev–Trinajstić information content (AvgIpc) is 2.64. The van der Waals surface area contributed by atoms with Crippen LogP contribution in [0.1, 0.15) is 10.4 Å². The lowest BCUT2D eigenvalue weighted by Gasteiger charge is -2.08. The Hall–Kier alpha value is -3.48. The summed E-state index contributed by atoms with van der Waals surface area (Å²) in [7, 11) is 1.53. The standard InChI is InChI=1S/C18H16N4O3/c1-19-17(24)12-6-4-7-14(9-12)21-16(23)11-22-18(25)15-8-3-2-5-13(15)10-20-22/h2-10H,11H2,1H3,(H,19,24)(H,21,23). The third-order valence-corrected chi connectivity index (χ3v) is 3.69. The van der Waals surface area contributed by atoms with Crippen molar-refractivity contribution in [2.24, 2.45) is 0 Å². The van der Waals surface area contributed by atoms with Crippen LogP contribution < -0.4 is 16.2 Å². The molecule has 25 heavy (non-hydrogen) atoms.